The van der Waals surface area contributed by atoms with Gasteiger partial charge in [-0.25, -0.2) is 4.99 Å². The van der Waals surface area contributed by atoms with Gasteiger partial charge in [-0.2, -0.15) is 0 Å². The highest BCUT2D eigenvalue weighted by Crippen LogP contribution is 2.30. The second kappa shape index (κ2) is 12.9. The topological polar surface area (TPSA) is 66.0 Å². The molecule has 1 aliphatic rings. The summed E-state index contributed by atoms with van der Waals surface area (Å²) in [5.74, 6) is 0. The van der Waals surface area contributed by atoms with Gasteiger partial charge in [0.1, 0.15) is 5.04 Å². The van der Waals surface area contributed by atoms with Gasteiger partial charge in [-0.1, -0.05) is 49.0 Å². The molecule has 28 heavy (non-hydrogen) atoms. The number of nitrogens with zero attached hydrogens (tertiary/aromatic N) is 3. The van der Waals surface area contributed by atoms with Crippen molar-refractivity contribution in [1.82, 2.24) is 10.2 Å². The second-order valence-corrected chi connectivity index (χ2v) is 8.43. The summed E-state index contributed by atoms with van der Waals surface area (Å²) in [6.45, 7) is 10.9. The molecule has 0 aromatic carbocycles. The highest BCUT2D eigenvalue weighted by Gasteiger charge is 2.25. The van der Waals surface area contributed by atoms with Gasteiger partial charge >= 0.3 is 0 Å². The fraction of sp³-hybridized carbons (Fsp3) is 0.524. The van der Waals surface area contributed by atoms with Crippen LogP contribution in [0.25, 0.3) is 0 Å². The molecule has 1 heterocycles. The Morgan fingerprint density at radius 3 is 2.71 bits per heavy atom. The third-order valence-electron chi connectivity index (χ3n) is 4.85. The maximum Gasteiger partial charge on any atom is 0.119 e. The van der Waals surface area contributed by atoms with Crippen LogP contribution >= 0.6 is 23.4 Å². The third-order valence-corrected chi connectivity index (χ3v) is 6.38. The van der Waals surface area contributed by atoms with E-state index >= 15 is 0 Å². The van der Waals surface area contributed by atoms with E-state index in [-0.39, 0.29) is 5.41 Å². The normalized spacial score (nSPS) is 23.1. The number of rotatable bonds is 8. The van der Waals surface area contributed by atoms with Crippen molar-refractivity contribution >= 4 is 34.6 Å². The van der Waals surface area contributed by atoms with Gasteiger partial charge in [0.05, 0.1) is 11.2 Å². The molecule has 0 aromatic heterocycles. The first-order chi connectivity index (χ1) is 13.4. The number of likely N-dealkylation sites (N-methyl/N-ethyl adjacent to an activating group) is 1. The quantitative estimate of drug-likeness (QED) is 0.342. The number of likely N-dealkylation sites (tertiary alicyclic amines) is 1. The largest absolute Gasteiger partial charge is 0.387 e. The SMILES string of the molecule is C=C/C(SC(C=NC)=N/C=C/N1CCCC(C)(CN)CC1)=C(Cl)\C(=C/C)NC. The van der Waals surface area contributed by atoms with Crippen LogP contribution in [0.5, 0.6) is 0 Å². The van der Waals surface area contributed by atoms with Crippen LogP contribution in [-0.2, 0) is 0 Å². The van der Waals surface area contributed by atoms with Crippen LogP contribution in [0, 0.1) is 5.41 Å². The van der Waals surface area contributed by atoms with Crippen LogP contribution in [-0.4, -0.2) is 49.9 Å². The lowest BCUT2D eigenvalue weighted by Gasteiger charge is -2.25. The van der Waals surface area contributed by atoms with Gasteiger partial charge in [0.2, 0.25) is 0 Å². The predicted octanol–water partition coefficient (Wildman–Crippen LogP) is 4.50. The average Bonchev–Trinajstić information content (AvgIpc) is 2.89. The predicted molar refractivity (Wildman–Crippen MR) is 127 cm³/mol. The average molecular weight is 424 g/mol. The highest BCUT2D eigenvalue weighted by atomic mass is 35.5. The van der Waals surface area contributed by atoms with E-state index in [0.29, 0.717) is 5.03 Å². The molecule has 0 aromatic rings. The van der Waals surface area contributed by atoms with Crippen molar-refractivity contribution in [2.45, 2.75) is 33.1 Å². The molecule has 0 saturated carbocycles. The Labute approximate surface area is 179 Å². The molecule has 7 heteroatoms. The second-order valence-electron chi connectivity index (χ2n) is 6.99. The van der Waals surface area contributed by atoms with E-state index in [1.807, 2.05) is 26.2 Å². The summed E-state index contributed by atoms with van der Waals surface area (Å²) in [5.41, 5.74) is 7.04. The fourth-order valence-corrected chi connectivity index (χ4v) is 4.09. The van der Waals surface area contributed by atoms with Gasteiger partial charge in [-0.15, -0.1) is 0 Å². The summed E-state index contributed by atoms with van der Waals surface area (Å²) in [7, 11) is 3.57. The van der Waals surface area contributed by atoms with Gasteiger partial charge in [0.25, 0.3) is 0 Å². The molecule has 5 nitrogen and oxygen atoms in total. The molecular formula is C21H34ClN5S. The Kier molecular flexibility index (Phi) is 11.3. The molecule has 1 rings (SSSR count). The van der Waals surface area contributed by atoms with Crippen molar-refractivity contribution in [3.8, 4) is 0 Å². The minimum Gasteiger partial charge on any atom is -0.387 e. The van der Waals surface area contributed by atoms with E-state index in [1.54, 1.807) is 19.3 Å². The molecule has 0 radical (unpaired) electrons. The lowest BCUT2D eigenvalue weighted by molar-refractivity contribution is 0.285. The van der Waals surface area contributed by atoms with Gasteiger partial charge < -0.3 is 16.0 Å². The maximum atomic E-state index is 6.49. The molecule has 1 atom stereocenters. The lowest BCUT2D eigenvalue weighted by Crippen LogP contribution is -2.28. The number of thioether (sulfide) groups is 1. The number of aliphatic imine (C=N–C) groups is 2. The molecule has 0 spiro atoms. The van der Waals surface area contributed by atoms with E-state index in [2.05, 4.69) is 39.9 Å². The number of nitrogens with one attached hydrogen (secondary N) is 1. The Morgan fingerprint density at radius 2 is 2.14 bits per heavy atom. The smallest absolute Gasteiger partial charge is 0.119 e. The highest BCUT2D eigenvalue weighted by molar-refractivity contribution is 8.18. The third kappa shape index (κ3) is 7.86. The van der Waals surface area contributed by atoms with Crippen LogP contribution in [0.1, 0.15) is 33.1 Å². The molecule has 0 aliphatic carbocycles. The summed E-state index contributed by atoms with van der Waals surface area (Å²) in [5, 5.41) is 4.44. The van der Waals surface area contributed by atoms with Crippen molar-refractivity contribution in [2.24, 2.45) is 21.1 Å². The number of hydrogen-bond donors (Lipinski definition) is 2. The zero-order valence-electron chi connectivity index (χ0n) is 17.5. The monoisotopic (exact) mass is 423 g/mol. The summed E-state index contributed by atoms with van der Waals surface area (Å²) >= 11 is 7.93. The minimum absolute atomic E-state index is 0.250. The number of hydrogen-bond acceptors (Lipinski definition) is 6. The first-order valence-electron chi connectivity index (χ1n) is 9.58. The van der Waals surface area contributed by atoms with Crippen molar-refractivity contribution in [1.29, 1.82) is 0 Å². The van der Waals surface area contributed by atoms with Crippen LogP contribution in [0.15, 0.2) is 56.8 Å². The summed E-state index contributed by atoms with van der Waals surface area (Å²) < 4.78 is 0. The van der Waals surface area contributed by atoms with Crippen molar-refractivity contribution in [3.63, 3.8) is 0 Å². The molecular weight excluding hydrogens is 390 g/mol. The van der Waals surface area contributed by atoms with Gasteiger partial charge in [0.15, 0.2) is 0 Å². The summed E-state index contributed by atoms with van der Waals surface area (Å²) in [4.78, 5) is 11.8. The number of allylic oxidation sites excluding steroid dienone is 3. The Bertz CT molecular complexity index is 666. The molecule has 1 fully saturated rings. The molecule has 0 bridgehead atoms. The standard InChI is InChI=1S/C21H34ClN5S/c1-6-17(25-5)20(22)18(7-2)28-19(15-24-4)26-11-14-27-12-8-9-21(3,16-23)10-13-27/h6-7,11,14-15,25H,2,8-10,12-13,16,23H2,1,3-5H3/b14-11+,17-6+,20-18-,24-15?,26-19?. The van der Waals surface area contributed by atoms with Crippen molar-refractivity contribution in [2.75, 3.05) is 33.7 Å². The Balaban J connectivity index is 2.90. The van der Waals surface area contributed by atoms with Crippen molar-refractivity contribution < 1.29 is 0 Å². The fourth-order valence-electron chi connectivity index (χ4n) is 2.91. The molecule has 1 aliphatic heterocycles. The van der Waals surface area contributed by atoms with Crippen LogP contribution < -0.4 is 11.1 Å². The maximum absolute atomic E-state index is 6.49. The van der Waals surface area contributed by atoms with E-state index < -0.39 is 0 Å². The number of nitrogens with two attached hydrogens (primary N) is 1. The van der Waals surface area contributed by atoms with Gasteiger partial charge in [-0.3, -0.25) is 4.99 Å². The van der Waals surface area contributed by atoms with E-state index in [0.717, 1.165) is 48.1 Å². The van der Waals surface area contributed by atoms with Crippen LogP contribution in [0.3, 0.4) is 0 Å². The molecule has 0 amide bonds. The first kappa shape index (κ1) is 24.5. The molecule has 156 valence electrons. The van der Waals surface area contributed by atoms with Crippen LogP contribution in [0.4, 0.5) is 0 Å². The van der Waals surface area contributed by atoms with Gasteiger partial charge in [-0.05, 0) is 38.1 Å². The number of halogens is 1. The van der Waals surface area contributed by atoms with Crippen LogP contribution in [0.2, 0.25) is 0 Å². The lowest BCUT2D eigenvalue weighted by atomic mass is 9.83. The minimum atomic E-state index is 0.250. The zero-order valence-corrected chi connectivity index (χ0v) is 19.1. The Morgan fingerprint density at radius 1 is 1.39 bits per heavy atom. The Hall–Kier alpha value is -1.50. The van der Waals surface area contributed by atoms with E-state index in [4.69, 9.17) is 17.3 Å². The summed E-state index contributed by atoms with van der Waals surface area (Å²) in [6, 6.07) is 0. The zero-order chi connectivity index (χ0) is 21.0. The van der Waals surface area contributed by atoms with E-state index in [9.17, 15) is 0 Å². The van der Waals surface area contributed by atoms with Gasteiger partial charge in [0, 0.05) is 50.2 Å². The molecule has 1 saturated heterocycles. The first-order valence-corrected chi connectivity index (χ1v) is 10.8. The van der Waals surface area contributed by atoms with Crippen molar-refractivity contribution in [3.05, 3.63) is 46.8 Å². The molecule has 1 unspecified atom stereocenters. The summed E-state index contributed by atoms with van der Waals surface area (Å²) in [6.07, 6.45) is 12.7. The molecule has 3 N–H and O–H groups in total. The van der Waals surface area contributed by atoms with E-state index in [1.165, 1.54) is 18.2 Å².